The summed E-state index contributed by atoms with van der Waals surface area (Å²) in [7, 11) is 1.79. The number of allylic oxidation sites excluding steroid dienone is 3. The van der Waals surface area contributed by atoms with Crippen LogP contribution in [0.1, 0.15) is 52.4 Å². The molecular formula is C20H30O3. The van der Waals surface area contributed by atoms with Gasteiger partial charge >= 0.3 is 0 Å². The fourth-order valence-electron chi connectivity index (χ4n) is 6.42. The Balaban J connectivity index is 1.79. The summed E-state index contributed by atoms with van der Waals surface area (Å²) >= 11 is 0. The highest BCUT2D eigenvalue weighted by Crippen LogP contribution is 2.65. The topological polar surface area (TPSA) is 49.7 Å². The van der Waals surface area contributed by atoms with Gasteiger partial charge in [0, 0.05) is 12.3 Å². The van der Waals surface area contributed by atoms with Crippen molar-refractivity contribution in [2.24, 2.45) is 34.5 Å². The van der Waals surface area contributed by atoms with Crippen LogP contribution < -0.4 is 0 Å². The van der Waals surface area contributed by atoms with Gasteiger partial charge < -0.3 is 14.9 Å². The fraction of sp³-hybridized carbons (Fsp3) is 0.800. The first-order valence-electron chi connectivity index (χ1n) is 9.20. The Hall–Kier alpha value is -0.800. The molecule has 128 valence electrons. The van der Waals surface area contributed by atoms with Gasteiger partial charge in [0.2, 0.25) is 0 Å². The van der Waals surface area contributed by atoms with E-state index < -0.39 is 5.79 Å². The Kier molecular flexibility index (Phi) is 3.32. The summed E-state index contributed by atoms with van der Waals surface area (Å²) in [6, 6.07) is 0. The van der Waals surface area contributed by atoms with E-state index in [-0.39, 0.29) is 11.3 Å². The van der Waals surface area contributed by atoms with Crippen LogP contribution >= 0.6 is 0 Å². The van der Waals surface area contributed by atoms with Crippen molar-refractivity contribution in [2.45, 2.75) is 58.2 Å². The first-order chi connectivity index (χ1) is 10.8. The minimum absolute atomic E-state index is 0.0194. The SMILES string of the molecule is COC1=CC2CC(O)(O)C=C[C@]2(C)[C@H]2CC[C@]3(C)CCC[C@H]3[C@H]12. The van der Waals surface area contributed by atoms with Gasteiger partial charge in [0.15, 0.2) is 5.79 Å². The molecular weight excluding hydrogens is 288 g/mol. The summed E-state index contributed by atoms with van der Waals surface area (Å²) in [5, 5.41) is 20.1. The van der Waals surface area contributed by atoms with Crippen molar-refractivity contribution in [2.75, 3.05) is 7.11 Å². The second kappa shape index (κ2) is 4.86. The second-order valence-corrected chi connectivity index (χ2v) is 8.99. The van der Waals surface area contributed by atoms with Crippen LogP contribution in [-0.2, 0) is 4.74 Å². The van der Waals surface area contributed by atoms with Crippen LogP contribution in [0, 0.1) is 34.5 Å². The van der Waals surface area contributed by atoms with E-state index in [4.69, 9.17) is 4.74 Å². The number of ether oxygens (including phenoxy) is 1. The van der Waals surface area contributed by atoms with Crippen LogP contribution in [0.2, 0.25) is 0 Å². The lowest BCUT2D eigenvalue weighted by atomic mass is 9.48. The lowest BCUT2D eigenvalue weighted by Crippen LogP contribution is -2.53. The third kappa shape index (κ3) is 2.16. The first kappa shape index (κ1) is 15.7. The molecule has 0 radical (unpaired) electrons. The van der Waals surface area contributed by atoms with E-state index in [9.17, 15) is 10.2 Å². The fourth-order valence-corrected chi connectivity index (χ4v) is 6.42. The second-order valence-electron chi connectivity index (χ2n) is 8.99. The van der Waals surface area contributed by atoms with Crippen molar-refractivity contribution in [3.8, 4) is 0 Å². The number of methoxy groups -OCH3 is 1. The molecule has 3 nitrogen and oxygen atoms in total. The molecule has 0 aromatic heterocycles. The third-order valence-electron chi connectivity index (χ3n) is 7.81. The number of hydrogen-bond acceptors (Lipinski definition) is 3. The van der Waals surface area contributed by atoms with Gasteiger partial charge in [0.1, 0.15) is 0 Å². The van der Waals surface area contributed by atoms with Crippen LogP contribution in [0.15, 0.2) is 24.0 Å². The molecule has 2 N–H and O–H groups in total. The highest BCUT2D eigenvalue weighted by Gasteiger charge is 2.59. The summed E-state index contributed by atoms with van der Waals surface area (Å²) < 4.78 is 5.85. The summed E-state index contributed by atoms with van der Waals surface area (Å²) in [5.41, 5.74) is 0.490. The van der Waals surface area contributed by atoms with Crippen LogP contribution in [0.5, 0.6) is 0 Å². The molecule has 4 aliphatic rings. The highest BCUT2D eigenvalue weighted by molar-refractivity contribution is 5.27. The van der Waals surface area contributed by atoms with Gasteiger partial charge in [0.05, 0.1) is 12.9 Å². The summed E-state index contributed by atoms with van der Waals surface area (Å²) in [4.78, 5) is 0. The van der Waals surface area contributed by atoms with Crippen molar-refractivity contribution in [3.05, 3.63) is 24.0 Å². The van der Waals surface area contributed by atoms with Crippen LogP contribution in [0.3, 0.4) is 0 Å². The molecule has 4 aliphatic carbocycles. The molecule has 4 rings (SSSR count). The maximum Gasteiger partial charge on any atom is 0.183 e. The molecule has 1 unspecified atom stereocenters. The van der Waals surface area contributed by atoms with Crippen LogP contribution in [0.4, 0.5) is 0 Å². The van der Waals surface area contributed by atoms with Gasteiger partial charge in [0.25, 0.3) is 0 Å². The molecule has 0 aliphatic heterocycles. The molecule has 2 fully saturated rings. The largest absolute Gasteiger partial charge is 0.501 e. The van der Waals surface area contributed by atoms with Crippen molar-refractivity contribution < 1.29 is 14.9 Å². The normalized spacial score (nSPS) is 50.6. The molecule has 0 bridgehead atoms. The van der Waals surface area contributed by atoms with E-state index >= 15 is 0 Å². The average Bonchev–Trinajstić information content (AvgIpc) is 2.89. The van der Waals surface area contributed by atoms with E-state index in [1.165, 1.54) is 32.1 Å². The van der Waals surface area contributed by atoms with E-state index in [1.807, 2.05) is 0 Å². The maximum atomic E-state index is 10.1. The maximum absolute atomic E-state index is 10.1. The summed E-state index contributed by atoms with van der Waals surface area (Å²) in [5.74, 6) is 1.34. The predicted octanol–water partition coefficient (Wildman–Crippen LogP) is 3.63. The molecule has 2 saturated carbocycles. The van der Waals surface area contributed by atoms with Gasteiger partial charge in [-0.1, -0.05) is 26.3 Å². The van der Waals surface area contributed by atoms with Gasteiger partial charge in [-0.15, -0.1) is 0 Å². The number of hydrogen-bond donors (Lipinski definition) is 2. The molecule has 3 heteroatoms. The average molecular weight is 318 g/mol. The minimum Gasteiger partial charge on any atom is -0.501 e. The Morgan fingerprint density at radius 1 is 1.09 bits per heavy atom. The Bertz CT molecular complexity index is 563. The zero-order valence-corrected chi connectivity index (χ0v) is 14.6. The Labute approximate surface area is 139 Å². The van der Waals surface area contributed by atoms with Gasteiger partial charge in [-0.2, -0.15) is 0 Å². The van der Waals surface area contributed by atoms with Crippen LogP contribution in [0.25, 0.3) is 0 Å². The lowest BCUT2D eigenvalue weighted by molar-refractivity contribution is -0.153. The van der Waals surface area contributed by atoms with E-state index in [0.717, 1.165) is 5.76 Å². The monoisotopic (exact) mass is 318 g/mol. The zero-order chi connectivity index (χ0) is 16.5. The Morgan fingerprint density at radius 3 is 2.61 bits per heavy atom. The molecule has 0 heterocycles. The smallest absolute Gasteiger partial charge is 0.183 e. The molecule has 0 spiro atoms. The molecule has 0 saturated heterocycles. The summed E-state index contributed by atoms with van der Waals surface area (Å²) in [6.07, 6.45) is 12.8. The minimum atomic E-state index is -1.68. The van der Waals surface area contributed by atoms with Crippen molar-refractivity contribution in [3.63, 3.8) is 0 Å². The molecule has 0 aromatic rings. The number of rotatable bonds is 1. The Morgan fingerprint density at radius 2 is 1.87 bits per heavy atom. The van der Waals surface area contributed by atoms with Gasteiger partial charge in [-0.25, -0.2) is 0 Å². The van der Waals surface area contributed by atoms with Gasteiger partial charge in [-0.05, 0) is 66.4 Å². The standard InChI is InChI=1S/C20H30O3/c1-18-7-4-5-14(18)17-15(6-8-18)19(2)9-10-20(21,22)12-13(19)11-16(17)23-3/h9-11,13-15,17,21-22H,4-8,12H2,1-3H3/t13?,14-,15-,17-,18-,19-/m0/s1. The third-order valence-corrected chi connectivity index (χ3v) is 7.81. The molecule has 0 amide bonds. The van der Waals surface area contributed by atoms with Crippen molar-refractivity contribution >= 4 is 0 Å². The van der Waals surface area contributed by atoms with Crippen LogP contribution in [-0.4, -0.2) is 23.1 Å². The number of fused-ring (bicyclic) bond motifs is 5. The summed E-state index contributed by atoms with van der Waals surface area (Å²) in [6.45, 7) is 4.80. The number of aliphatic hydroxyl groups is 2. The lowest BCUT2D eigenvalue weighted by Gasteiger charge is -2.57. The molecule has 0 aromatic carbocycles. The van der Waals surface area contributed by atoms with Crippen molar-refractivity contribution in [1.82, 2.24) is 0 Å². The zero-order valence-electron chi connectivity index (χ0n) is 14.6. The highest BCUT2D eigenvalue weighted by atomic mass is 16.5. The quantitative estimate of drug-likeness (QED) is 0.573. The van der Waals surface area contributed by atoms with E-state index in [1.54, 1.807) is 13.2 Å². The predicted molar refractivity (Wildman–Crippen MR) is 89.3 cm³/mol. The van der Waals surface area contributed by atoms with Gasteiger partial charge in [-0.3, -0.25) is 0 Å². The molecule has 6 atom stereocenters. The van der Waals surface area contributed by atoms with Crippen molar-refractivity contribution in [1.29, 1.82) is 0 Å². The molecule has 23 heavy (non-hydrogen) atoms. The van der Waals surface area contributed by atoms with E-state index in [2.05, 4.69) is 26.0 Å². The first-order valence-corrected chi connectivity index (χ1v) is 9.20. The van der Waals surface area contributed by atoms with E-state index in [0.29, 0.717) is 29.6 Å².